The zero-order chi connectivity index (χ0) is 9.97. The molecule has 2 aromatic rings. The van der Waals surface area contributed by atoms with Gasteiger partial charge >= 0.3 is 0 Å². The molecule has 1 aromatic carbocycles. The van der Waals surface area contributed by atoms with Crippen molar-refractivity contribution in [3.63, 3.8) is 0 Å². The topological polar surface area (TPSA) is 34.4 Å². The number of para-hydroxylation sites is 1. The number of ether oxygens (including phenoxy) is 1. The molecule has 3 heteroatoms. The first-order valence-corrected chi connectivity index (χ1v) is 4.56. The van der Waals surface area contributed by atoms with Crippen LogP contribution in [0.5, 0.6) is 5.75 Å². The van der Waals surface area contributed by atoms with E-state index >= 15 is 0 Å². The van der Waals surface area contributed by atoms with Gasteiger partial charge in [0.05, 0.1) is 19.0 Å². The smallest absolute Gasteiger partial charge is 0.169 e. The fourth-order valence-electron chi connectivity index (χ4n) is 1.57. The quantitative estimate of drug-likeness (QED) is 0.807. The summed E-state index contributed by atoms with van der Waals surface area (Å²) in [4.78, 5) is 0. The van der Waals surface area contributed by atoms with Crippen LogP contribution < -0.4 is 10.1 Å². The van der Waals surface area contributed by atoms with Gasteiger partial charge in [0.25, 0.3) is 0 Å². The molecule has 1 N–H and O–H groups in total. The molecule has 0 aliphatic heterocycles. The van der Waals surface area contributed by atoms with Gasteiger partial charge in [0, 0.05) is 0 Å². The van der Waals surface area contributed by atoms with Crippen molar-refractivity contribution in [3.05, 3.63) is 30.0 Å². The molecule has 0 saturated carbocycles. The van der Waals surface area contributed by atoms with Crippen molar-refractivity contribution in [2.75, 3.05) is 14.2 Å². The highest BCUT2D eigenvalue weighted by Gasteiger charge is 2.12. The summed E-state index contributed by atoms with van der Waals surface area (Å²) in [7, 11) is 3.54. The summed E-state index contributed by atoms with van der Waals surface area (Å²) in [5, 5.41) is 4.07. The van der Waals surface area contributed by atoms with E-state index in [9.17, 15) is 0 Å². The second-order valence-electron chi connectivity index (χ2n) is 3.08. The zero-order valence-corrected chi connectivity index (χ0v) is 8.33. The van der Waals surface area contributed by atoms with Crippen molar-refractivity contribution >= 4 is 11.0 Å². The molecule has 0 fully saturated rings. The largest absolute Gasteiger partial charge is 0.492 e. The van der Waals surface area contributed by atoms with E-state index < -0.39 is 0 Å². The van der Waals surface area contributed by atoms with Crippen LogP contribution in [-0.4, -0.2) is 14.2 Å². The van der Waals surface area contributed by atoms with E-state index in [0.29, 0.717) is 6.54 Å². The van der Waals surface area contributed by atoms with Gasteiger partial charge in [-0.3, -0.25) is 0 Å². The molecule has 14 heavy (non-hydrogen) atoms. The molecular formula is C11H13NO2. The van der Waals surface area contributed by atoms with E-state index in [2.05, 4.69) is 5.32 Å². The highest BCUT2D eigenvalue weighted by Crippen LogP contribution is 2.32. The monoisotopic (exact) mass is 191 g/mol. The van der Waals surface area contributed by atoms with Gasteiger partial charge in [-0.15, -0.1) is 0 Å². The first-order chi connectivity index (χ1) is 6.86. The molecular weight excluding hydrogens is 178 g/mol. The second-order valence-corrected chi connectivity index (χ2v) is 3.08. The summed E-state index contributed by atoms with van der Waals surface area (Å²) in [5.74, 6) is 1.67. The van der Waals surface area contributed by atoms with Crippen LogP contribution in [0.25, 0.3) is 11.0 Å². The molecule has 0 aliphatic carbocycles. The highest BCUT2D eigenvalue weighted by molar-refractivity contribution is 5.85. The molecule has 0 aliphatic rings. The fraction of sp³-hybridized carbons (Fsp3) is 0.273. The third-order valence-corrected chi connectivity index (χ3v) is 2.16. The maximum absolute atomic E-state index is 5.64. The maximum Gasteiger partial charge on any atom is 0.169 e. The fourth-order valence-corrected chi connectivity index (χ4v) is 1.57. The Morgan fingerprint density at radius 2 is 2.14 bits per heavy atom. The van der Waals surface area contributed by atoms with Gasteiger partial charge in [0.2, 0.25) is 0 Å². The SMILES string of the molecule is CNCc1oc2ccccc2c1OC. The lowest BCUT2D eigenvalue weighted by atomic mass is 10.2. The van der Waals surface area contributed by atoms with Crippen LogP contribution in [0, 0.1) is 0 Å². The van der Waals surface area contributed by atoms with Crippen LogP contribution >= 0.6 is 0 Å². The number of fused-ring (bicyclic) bond motifs is 1. The van der Waals surface area contributed by atoms with Crippen molar-refractivity contribution in [1.82, 2.24) is 5.32 Å². The average molecular weight is 191 g/mol. The van der Waals surface area contributed by atoms with Gasteiger partial charge in [0.1, 0.15) is 5.58 Å². The van der Waals surface area contributed by atoms with Crippen LogP contribution in [0.1, 0.15) is 5.76 Å². The van der Waals surface area contributed by atoms with E-state index in [1.54, 1.807) is 7.11 Å². The third-order valence-electron chi connectivity index (χ3n) is 2.16. The number of methoxy groups -OCH3 is 1. The average Bonchev–Trinajstić information content (AvgIpc) is 2.55. The molecule has 1 aromatic heterocycles. The van der Waals surface area contributed by atoms with Crippen LogP contribution in [0.3, 0.4) is 0 Å². The minimum absolute atomic E-state index is 0.678. The molecule has 3 nitrogen and oxygen atoms in total. The lowest BCUT2D eigenvalue weighted by molar-refractivity contribution is 0.393. The third kappa shape index (κ3) is 1.36. The molecule has 0 amide bonds. The highest BCUT2D eigenvalue weighted by atomic mass is 16.5. The summed E-state index contributed by atoms with van der Waals surface area (Å²) in [6.45, 7) is 0.678. The van der Waals surface area contributed by atoms with Gasteiger partial charge in [-0.2, -0.15) is 0 Å². The van der Waals surface area contributed by atoms with Crippen molar-refractivity contribution in [3.8, 4) is 5.75 Å². The Bertz CT molecular complexity index is 434. The predicted octanol–water partition coefficient (Wildman–Crippen LogP) is 2.16. The van der Waals surface area contributed by atoms with Crippen LogP contribution in [0.2, 0.25) is 0 Å². The predicted molar refractivity (Wildman–Crippen MR) is 55.5 cm³/mol. The molecule has 74 valence electrons. The minimum Gasteiger partial charge on any atom is -0.492 e. The number of nitrogens with one attached hydrogen (secondary N) is 1. The van der Waals surface area contributed by atoms with Crippen molar-refractivity contribution < 1.29 is 9.15 Å². The van der Waals surface area contributed by atoms with Crippen LogP contribution in [-0.2, 0) is 6.54 Å². The number of furan rings is 1. The summed E-state index contributed by atoms with van der Waals surface area (Å²) < 4.78 is 11.0. The lowest BCUT2D eigenvalue weighted by Gasteiger charge is -1.99. The van der Waals surface area contributed by atoms with Crippen molar-refractivity contribution in [2.24, 2.45) is 0 Å². The molecule has 2 rings (SSSR count). The summed E-state index contributed by atoms with van der Waals surface area (Å²) >= 11 is 0. The molecule has 0 radical (unpaired) electrons. The van der Waals surface area contributed by atoms with Crippen LogP contribution in [0.4, 0.5) is 0 Å². The van der Waals surface area contributed by atoms with Crippen molar-refractivity contribution in [2.45, 2.75) is 6.54 Å². The number of rotatable bonds is 3. The number of hydrogen-bond acceptors (Lipinski definition) is 3. The number of hydrogen-bond donors (Lipinski definition) is 1. The summed E-state index contributed by atoms with van der Waals surface area (Å²) in [6, 6.07) is 7.87. The standard InChI is InChI=1S/C11H13NO2/c1-12-7-10-11(13-2)8-5-3-4-6-9(8)14-10/h3-6,12H,7H2,1-2H3. The minimum atomic E-state index is 0.678. The lowest BCUT2D eigenvalue weighted by Crippen LogP contribution is -2.04. The van der Waals surface area contributed by atoms with E-state index in [1.807, 2.05) is 31.3 Å². The van der Waals surface area contributed by atoms with E-state index in [-0.39, 0.29) is 0 Å². The first-order valence-electron chi connectivity index (χ1n) is 4.56. The van der Waals surface area contributed by atoms with Crippen molar-refractivity contribution in [1.29, 1.82) is 0 Å². The molecule has 1 heterocycles. The van der Waals surface area contributed by atoms with E-state index in [0.717, 1.165) is 22.5 Å². The Balaban J connectivity index is 2.60. The van der Waals surface area contributed by atoms with Gasteiger partial charge < -0.3 is 14.5 Å². The van der Waals surface area contributed by atoms with Crippen LogP contribution in [0.15, 0.2) is 28.7 Å². The Kier molecular flexibility index (Phi) is 2.41. The van der Waals surface area contributed by atoms with E-state index in [1.165, 1.54) is 0 Å². The summed E-state index contributed by atoms with van der Waals surface area (Å²) in [6.07, 6.45) is 0. The van der Waals surface area contributed by atoms with Gasteiger partial charge in [0.15, 0.2) is 11.5 Å². The normalized spacial score (nSPS) is 10.7. The molecule has 0 spiro atoms. The first kappa shape index (κ1) is 9.09. The molecule has 0 unspecified atom stereocenters. The summed E-state index contributed by atoms with van der Waals surface area (Å²) in [5.41, 5.74) is 0.870. The number of benzene rings is 1. The molecule has 0 atom stereocenters. The Hall–Kier alpha value is -1.48. The Morgan fingerprint density at radius 3 is 2.86 bits per heavy atom. The van der Waals surface area contributed by atoms with Gasteiger partial charge in [-0.1, -0.05) is 12.1 Å². The van der Waals surface area contributed by atoms with Gasteiger partial charge in [-0.25, -0.2) is 0 Å². The van der Waals surface area contributed by atoms with Gasteiger partial charge in [-0.05, 0) is 19.2 Å². The zero-order valence-electron chi connectivity index (χ0n) is 8.33. The Morgan fingerprint density at radius 1 is 1.36 bits per heavy atom. The molecule has 0 saturated heterocycles. The molecule has 0 bridgehead atoms. The maximum atomic E-state index is 5.64. The second kappa shape index (κ2) is 3.72. The van der Waals surface area contributed by atoms with E-state index in [4.69, 9.17) is 9.15 Å². The Labute approximate surface area is 82.7 Å².